The largest absolute Gasteiger partial charge is 0.461 e. The van der Waals surface area contributed by atoms with Crippen molar-refractivity contribution < 1.29 is 14.6 Å². The van der Waals surface area contributed by atoms with Gasteiger partial charge in [0.05, 0.1) is 11.5 Å². The number of carbonyl (C=O) groups excluding carboxylic acids is 1. The first kappa shape index (κ1) is 12.2. The monoisotopic (exact) mass is 250 g/mol. The smallest absolute Gasteiger partial charge is 0.309 e. The predicted octanol–water partition coefficient (Wildman–Crippen LogP) is 2.44. The zero-order valence-corrected chi connectivity index (χ0v) is 11.4. The zero-order valence-electron chi connectivity index (χ0n) is 11.4. The van der Waals surface area contributed by atoms with Crippen LogP contribution in [-0.4, -0.2) is 22.8 Å². The van der Waals surface area contributed by atoms with Crippen molar-refractivity contribution in [3.63, 3.8) is 0 Å². The SMILES string of the molecule is CC1=C2CC[C@](C)(O)[C@H]2[C@@H]2OC(=O)[C@@H](C)[C@@H]2CC1. The van der Waals surface area contributed by atoms with Gasteiger partial charge in [0.15, 0.2) is 0 Å². The summed E-state index contributed by atoms with van der Waals surface area (Å²) < 4.78 is 5.62. The van der Waals surface area contributed by atoms with Gasteiger partial charge in [0.1, 0.15) is 6.10 Å². The van der Waals surface area contributed by atoms with Crippen LogP contribution in [0.2, 0.25) is 0 Å². The van der Waals surface area contributed by atoms with E-state index in [0.29, 0.717) is 0 Å². The molecule has 0 unspecified atom stereocenters. The van der Waals surface area contributed by atoms with Gasteiger partial charge < -0.3 is 9.84 Å². The summed E-state index contributed by atoms with van der Waals surface area (Å²) in [5, 5.41) is 10.6. The summed E-state index contributed by atoms with van der Waals surface area (Å²) in [6, 6.07) is 0. The topological polar surface area (TPSA) is 46.5 Å². The second-order valence-corrected chi connectivity index (χ2v) is 6.53. The molecular weight excluding hydrogens is 228 g/mol. The van der Waals surface area contributed by atoms with E-state index in [9.17, 15) is 9.90 Å². The highest BCUT2D eigenvalue weighted by Gasteiger charge is 2.55. The van der Waals surface area contributed by atoms with Crippen LogP contribution in [-0.2, 0) is 9.53 Å². The Morgan fingerprint density at radius 3 is 2.83 bits per heavy atom. The second kappa shape index (κ2) is 3.83. The fraction of sp³-hybridized carbons (Fsp3) is 0.800. The fourth-order valence-electron chi connectivity index (χ4n) is 4.17. The average molecular weight is 250 g/mol. The summed E-state index contributed by atoms with van der Waals surface area (Å²) in [4.78, 5) is 11.8. The number of hydrogen-bond acceptors (Lipinski definition) is 3. The Labute approximate surface area is 108 Å². The molecule has 3 aliphatic rings. The van der Waals surface area contributed by atoms with Crippen LogP contribution in [0.1, 0.15) is 46.5 Å². The highest BCUT2D eigenvalue weighted by molar-refractivity contribution is 5.75. The minimum atomic E-state index is -0.714. The molecule has 0 aromatic carbocycles. The number of allylic oxidation sites excluding steroid dienone is 1. The van der Waals surface area contributed by atoms with Crippen molar-refractivity contribution in [1.29, 1.82) is 0 Å². The maximum absolute atomic E-state index is 11.8. The van der Waals surface area contributed by atoms with Crippen LogP contribution in [0.4, 0.5) is 0 Å². The highest BCUT2D eigenvalue weighted by atomic mass is 16.6. The molecule has 3 rings (SSSR count). The summed E-state index contributed by atoms with van der Waals surface area (Å²) >= 11 is 0. The Morgan fingerprint density at radius 2 is 2.11 bits per heavy atom. The van der Waals surface area contributed by atoms with Crippen LogP contribution in [0.5, 0.6) is 0 Å². The molecule has 100 valence electrons. The number of rotatable bonds is 0. The third-order valence-corrected chi connectivity index (χ3v) is 5.36. The number of fused-ring (bicyclic) bond motifs is 3. The van der Waals surface area contributed by atoms with Gasteiger partial charge in [0, 0.05) is 11.8 Å². The van der Waals surface area contributed by atoms with E-state index in [1.807, 2.05) is 13.8 Å². The van der Waals surface area contributed by atoms with Crippen molar-refractivity contribution in [3.8, 4) is 0 Å². The molecule has 18 heavy (non-hydrogen) atoms. The minimum Gasteiger partial charge on any atom is -0.461 e. The fourth-order valence-corrected chi connectivity index (χ4v) is 4.17. The Balaban J connectivity index is 2.04. The minimum absolute atomic E-state index is 0.0152. The number of aliphatic hydroxyl groups is 1. The van der Waals surface area contributed by atoms with Crippen molar-refractivity contribution in [2.45, 2.75) is 58.2 Å². The van der Waals surface area contributed by atoms with Gasteiger partial charge in [0.2, 0.25) is 0 Å². The molecule has 1 saturated carbocycles. The average Bonchev–Trinajstić information content (AvgIpc) is 2.69. The predicted molar refractivity (Wildman–Crippen MR) is 67.8 cm³/mol. The van der Waals surface area contributed by atoms with Crippen LogP contribution in [0.25, 0.3) is 0 Å². The van der Waals surface area contributed by atoms with E-state index < -0.39 is 5.60 Å². The van der Waals surface area contributed by atoms with Gasteiger partial charge in [-0.15, -0.1) is 0 Å². The molecule has 1 saturated heterocycles. The van der Waals surface area contributed by atoms with Crippen LogP contribution in [0, 0.1) is 17.8 Å². The zero-order chi connectivity index (χ0) is 13.1. The van der Waals surface area contributed by atoms with Crippen LogP contribution >= 0.6 is 0 Å². The van der Waals surface area contributed by atoms with Gasteiger partial charge in [-0.05, 0) is 39.5 Å². The molecule has 3 nitrogen and oxygen atoms in total. The summed E-state index contributed by atoms with van der Waals surface area (Å²) in [5.41, 5.74) is 2.05. The molecule has 2 aliphatic carbocycles. The van der Waals surface area contributed by atoms with Crippen molar-refractivity contribution in [1.82, 2.24) is 0 Å². The molecule has 1 N–H and O–H groups in total. The molecule has 5 atom stereocenters. The van der Waals surface area contributed by atoms with E-state index in [2.05, 4.69) is 6.92 Å². The summed E-state index contributed by atoms with van der Waals surface area (Å²) in [7, 11) is 0. The lowest BCUT2D eigenvalue weighted by Gasteiger charge is -2.32. The van der Waals surface area contributed by atoms with Crippen LogP contribution < -0.4 is 0 Å². The standard InChI is InChI=1S/C15H22O3/c1-8-4-5-11-9(2)14(16)18-13(11)12-10(8)6-7-15(12,3)17/h9,11-13,17H,4-7H2,1-3H3/t9-,11-,12+,13+,15-/m0/s1. The van der Waals surface area contributed by atoms with Gasteiger partial charge in [-0.25, -0.2) is 0 Å². The number of hydrogen-bond donors (Lipinski definition) is 1. The Kier molecular flexibility index (Phi) is 2.60. The van der Waals surface area contributed by atoms with Gasteiger partial charge in [0.25, 0.3) is 0 Å². The van der Waals surface area contributed by atoms with E-state index in [0.717, 1.165) is 25.7 Å². The molecule has 0 radical (unpaired) electrons. The van der Waals surface area contributed by atoms with Crippen molar-refractivity contribution in [2.75, 3.05) is 0 Å². The lowest BCUT2D eigenvalue weighted by atomic mass is 9.78. The summed E-state index contributed by atoms with van der Waals surface area (Å²) in [5.74, 6) is 0.212. The van der Waals surface area contributed by atoms with Crippen LogP contribution in [0.15, 0.2) is 11.1 Å². The summed E-state index contributed by atoms with van der Waals surface area (Å²) in [6.07, 6.45) is 3.71. The van der Waals surface area contributed by atoms with Gasteiger partial charge in [-0.3, -0.25) is 4.79 Å². The molecule has 3 heteroatoms. The maximum atomic E-state index is 11.8. The molecule has 0 aromatic rings. The lowest BCUT2D eigenvalue weighted by Crippen LogP contribution is -2.40. The van der Waals surface area contributed by atoms with E-state index in [4.69, 9.17) is 4.74 Å². The Morgan fingerprint density at radius 1 is 1.39 bits per heavy atom. The first-order chi connectivity index (χ1) is 8.42. The summed E-state index contributed by atoms with van der Waals surface area (Å²) in [6.45, 7) is 6.05. The van der Waals surface area contributed by atoms with E-state index in [1.54, 1.807) is 0 Å². The highest BCUT2D eigenvalue weighted by Crippen LogP contribution is 2.52. The third-order valence-electron chi connectivity index (χ3n) is 5.36. The Hall–Kier alpha value is -0.830. The quantitative estimate of drug-likeness (QED) is 0.530. The molecule has 2 fully saturated rings. The van der Waals surface area contributed by atoms with Crippen molar-refractivity contribution >= 4 is 5.97 Å². The number of esters is 1. The molecule has 1 heterocycles. The first-order valence-electron chi connectivity index (χ1n) is 7.03. The van der Waals surface area contributed by atoms with Crippen LogP contribution in [0.3, 0.4) is 0 Å². The van der Waals surface area contributed by atoms with Crippen molar-refractivity contribution in [3.05, 3.63) is 11.1 Å². The lowest BCUT2D eigenvalue weighted by molar-refractivity contribution is -0.147. The first-order valence-corrected chi connectivity index (χ1v) is 7.03. The van der Waals surface area contributed by atoms with E-state index >= 15 is 0 Å². The van der Waals surface area contributed by atoms with E-state index in [-0.39, 0.29) is 29.8 Å². The molecule has 0 aromatic heterocycles. The molecule has 0 amide bonds. The molecule has 1 aliphatic heterocycles. The van der Waals surface area contributed by atoms with E-state index in [1.165, 1.54) is 11.1 Å². The van der Waals surface area contributed by atoms with Crippen molar-refractivity contribution in [2.24, 2.45) is 17.8 Å². The van der Waals surface area contributed by atoms with Gasteiger partial charge >= 0.3 is 5.97 Å². The number of ether oxygens (including phenoxy) is 1. The van der Waals surface area contributed by atoms with Gasteiger partial charge in [-0.1, -0.05) is 18.1 Å². The third kappa shape index (κ3) is 1.56. The second-order valence-electron chi connectivity index (χ2n) is 6.53. The normalized spacial score (nSPS) is 47.7. The Bertz CT molecular complexity index is 421. The molecule has 0 spiro atoms. The number of carbonyl (C=O) groups is 1. The van der Waals surface area contributed by atoms with Gasteiger partial charge in [-0.2, -0.15) is 0 Å². The maximum Gasteiger partial charge on any atom is 0.309 e. The molecule has 0 bridgehead atoms. The molecular formula is C15H22O3.